The minimum Gasteiger partial charge on any atom is -0.495 e. The number of nitrogens with zero attached hydrogens (tertiary/aromatic N) is 1. The predicted octanol–water partition coefficient (Wildman–Crippen LogP) is 3.02. The monoisotopic (exact) mass is 287 g/mol. The van der Waals surface area contributed by atoms with Crippen LogP contribution in [0, 0.1) is 11.3 Å². The zero-order chi connectivity index (χ0) is 14.1. The first kappa shape index (κ1) is 13.4. The molecule has 1 fully saturated rings. The summed E-state index contributed by atoms with van der Waals surface area (Å²) in [6.45, 7) is 0. The first-order valence-corrected chi connectivity index (χ1v) is 8.19. The highest BCUT2D eigenvalue weighted by molar-refractivity contribution is 7.86. The first-order valence-electron chi connectivity index (χ1n) is 6.92. The summed E-state index contributed by atoms with van der Waals surface area (Å²) < 4.78 is 17.5. The molecule has 1 aromatic rings. The lowest BCUT2D eigenvalue weighted by molar-refractivity contribution is 0.413. The van der Waals surface area contributed by atoms with Crippen LogP contribution < -0.4 is 4.74 Å². The summed E-state index contributed by atoms with van der Waals surface area (Å²) in [5, 5.41) is 9.82. The Kier molecular flexibility index (Phi) is 3.62. The highest BCUT2D eigenvalue weighted by Gasteiger charge is 2.34. The fourth-order valence-electron chi connectivity index (χ4n) is 3.18. The number of rotatable bonds is 2. The molecule has 0 amide bonds. The maximum absolute atomic E-state index is 12.2. The van der Waals surface area contributed by atoms with E-state index in [1.165, 1.54) is 0 Å². The van der Waals surface area contributed by atoms with E-state index in [4.69, 9.17) is 4.74 Å². The molecular formula is C16H17NO2S. The average molecular weight is 287 g/mol. The second kappa shape index (κ2) is 5.41. The van der Waals surface area contributed by atoms with E-state index in [9.17, 15) is 9.47 Å². The van der Waals surface area contributed by atoms with Crippen molar-refractivity contribution in [2.45, 2.75) is 36.2 Å². The van der Waals surface area contributed by atoms with Crippen LogP contribution in [-0.2, 0) is 10.8 Å². The van der Waals surface area contributed by atoms with Crippen LogP contribution in [0.25, 0.3) is 5.57 Å². The van der Waals surface area contributed by atoms with Gasteiger partial charge in [0, 0.05) is 16.0 Å². The Morgan fingerprint density at radius 3 is 2.95 bits per heavy atom. The SMILES string of the molecule is COc1cccc(C2=CC3CCCC(C2)S3=O)c1C#N. The number of methoxy groups -OCH3 is 1. The molecule has 4 heteroatoms. The van der Waals surface area contributed by atoms with Crippen molar-refractivity contribution in [3.63, 3.8) is 0 Å². The van der Waals surface area contributed by atoms with Gasteiger partial charge in [0.25, 0.3) is 0 Å². The molecule has 104 valence electrons. The first-order chi connectivity index (χ1) is 9.74. The van der Waals surface area contributed by atoms with Gasteiger partial charge in [-0.1, -0.05) is 24.6 Å². The number of allylic oxidation sites excluding steroid dienone is 1. The molecule has 0 N–H and O–H groups in total. The van der Waals surface area contributed by atoms with Crippen LogP contribution in [0.15, 0.2) is 24.3 Å². The topological polar surface area (TPSA) is 50.1 Å². The van der Waals surface area contributed by atoms with E-state index in [-0.39, 0.29) is 10.5 Å². The van der Waals surface area contributed by atoms with Crippen molar-refractivity contribution in [2.75, 3.05) is 7.11 Å². The van der Waals surface area contributed by atoms with Gasteiger partial charge in [-0.05, 0) is 36.5 Å². The molecule has 3 atom stereocenters. The summed E-state index contributed by atoms with van der Waals surface area (Å²) in [6.07, 6.45) is 6.13. The zero-order valence-corrected chi connectivity index (χ0v) is 12.3. The molecule has 1 aromatic carbocycles. The van der Waals surface area contributed by atoms with Crippen molar-refractivity contribution in [1.82, 2.24) is 0 Å². The van der Waals surface area contributed by atoms with Gasteiger partial charge in [0.1, 0.15) is 17.4 Å². The Hall–Kier alpha value is -1.60. The molecule has 3 nitrogen and oxygen atoms in total. The van der Waals surface area contributed by atoms with Crippen molar-refractivity contribution in [1.29, 1.82) is 5.26 Å². The molecule has 0 aromatic heterocycles. The predicted molar refractivity (Wildman–Crippen MR) is 79.9 cm³/mol. The second-order valence-electron chi connectivity index (χ2n) is 5.31. The fourth-order valence-corrected chi connectivity index (χ4v) is 5.12. The highest BCUT2D eigenvalue weighted by atomic mass is 32.2. The molecule has 0 spiro atoms. The van der Waals surface area contributed by atoms with Crippen molar-refractivity contribution in [3.8, 4) is 11.8 Å². The van der Waals surface area contributed by atoms with Gasteiger partial charge in [-0.2, -0.15) is 5.26 Å². The molecule has 1 saturated heterocycles. The average Bonchev–Trinajstić information content (AvgIpc) is 2.46. The van der Waals surface area contributed by atoms with Crippen molar-refractivity contribution >= 4 is 16.4 Å². The van der Waals surface area contributed by atoms with Gasteiger partial charge in [0.05, 0.1) is 12.4 Å². The Bertz CT molecular complexity index is 630. The van der Waals surface area contributed by atoms with E-state index >= 15 is 0 Å². The van der Waals surface area contributed by atoms with Crippen molar-refractivity contribution in [3.05, 3.63) is 35.4 Å². The van der Waals surface area contributed by atoms with Crippen LogP contribution in [0.2, 0.25) is 0 Å². The van der Waals surface area contributed by atoms with Gasteiger partial charge >= 0.3 is 0 Å². The maximum atomic E-state index is 12.2. The molecule has 0 saturated carbocycles. The number of benzene rings is 1. The summed E-state index contributed by atoms with van der Waals surface area (Å²) in [5.41, 5.74) is 2.70. The molecule has 3 rings (SSSR count). The largest absolute Gasteiger partial charge is 0.495 e. The summed E-state index contributed by atoms with van der Waals surface area (Å²) >= 11 is 0. The Labute approximate surface area is 121 Å². The Balaban J connectivity index is 2.06. The van der Waals surface area contributed by atoms with E-state index in [1.807, 2.05) is 18.2 Å². The third-order valence-corrected chi connectivity index (χ3v) is 6.21. The minimum atomic E-state index is -0.737. The second-order valence-corrected chi connectivity index (χ2v) is 7.24. The van der Waals surface area contributed by atoms with E-state index in [0.29, 0.717) is 11.3 Å². The molecule has 2 aliphatic heterocycles. The minimum absolute atomic E-state index is 0.162. The molecule has 20 heavy (non-hydrogen) atoms. The summed E-state index contributed by atoms with van der Waals surface area (Å²) in [5.74, 6) is 0.614. The summed E-state index contributed by atoms with van der Waals surface area (Å²) in [7, 11) is 0.846. The maximum Gasteiger partial charge on any atom is 0.137 e. The van der Waals surface area contributed by atoms with Gasteiger partial charge < -0.3 is 4.74 Å². The molecule has 2 heterocycles. The van der Waals surface area contributed by atoms with Gasteiger partial charge in [-0.3, -0.25) is 4.21 Å². The van der Waals surface area contributed by atoms with Gasteiger partial charge in [-0.15, -0.1) is 0 Å². The third kappa shape index (κ3) is 2.16. The number of hydrogen-bond donors (Lipinski definition) is 0. The number of nitriles is 1. The van der Waals surface area contributed by atoms with Gasteiger partial charge in [0.2, 0.25) is 0 Å². The molecule has 2 bridgehead atoms. The van der Waals surface area contributed by atoms with E-state index in [2.05, 4.69) is 12.1 Å². The Morgan fingerprint density at radius 1 is 1.40 bits per heavy atom. The lowest BCUT2D eigenvalue weighted by Gasteiger charge is -2.33. The molecular weight excluding hydrogens is 270 g/mol. The van der Waals surface area contributed by atoms with E-state index in [1.54, 1.807) is 7.11 Å². The van der Waals surface area contributed by atoms with Gasteiger partial charge in [0.15, 0.2) is 0 Å². The molecule has 0 radical (unpaired) electrons. The summed E-state index contributed by atoms with van der Waals surface area (Å²) in [6, 6.07) is 7.94. The lowest BCUT2D eigenvalue weighted by atomic mass is 9.90. The van der Waals surface area contributed by atoms with E-state index < -0.39 is 10.8 Å². The summed E-state index contributed by atoms with van der Waals surface area (Å²) in [4.78, 5) is 0. The number of fused-ring (bicyclic) bond motifs is 2. The molecule has 2 aliphatic rings. The van der Waals surface area contributed by atoms with Crippen LogP contribution in [0.5, 0.6) is 5.75 Å². The quantitative estimate of drug-likeness (QED) is 0.840. The highest BCUT2D eigenvalue weighted by Crippen LogP contribution is 2.39. The van der Waals surface area contributed by atoms with Crippen LogP contribution in [0.3, 0.4) is 0 Å². The smallest absolute Gasteiger partial charge is 0.137 e. The number of hydrogen-bond acceptors (Lipinski definition) is 3. The normalized spacial score (nSPS) is 28.4. The molecule has 0 aliphatic carbocycles. The van der Waals surface area contributed by atoms with Crippen LogP contribution in [0.1, 0.15) is 36.8 Å². The van der Waals surface area contributed by atoms with E-state index in [0.717, 1.165) is 36.8 Å². The fraction of sp³-hybridized carbons (Fsp3) is 0.438. The van der Waals surface area contributed by atoms with Crippen LogP contribution in [0.4, 0.5) is 0 Å². The molecule has 3 unspecified atom stereocenters. The lowest BCUT2D eigenvalue weighted by Crippen LogP contribution is -2.33. The van der Waals surface area contributed by atoms with Crippen LogP contribution >= 0.6 is 0 Å². The van der Waals surface area contributed by atoms with Crippen molar-refractivity contribution in [2.24, 2.45) is 0 Å². The standard InChI is InChI=1S/C16H17NO2S/c1-19-16-7-3-6-14(15(16)10-17)11-8-12-4-2-5-13(9-11)20(12)18/h3,6-8,12-13H,2,4-5,9H2,1H3. The van der Waals surface area contributed by atoms with Gasteiger partial charge in [-0.25, -0.2) is 0 Å². The van der Waals surface area contributed by atoms with Crippen LogP contribution in [-0.4, -0.2) is 21.8 Å². The Morgan fingerprint density at radius 2 is 2.25 bits per heavy atom. The number of ether oxygens (including phenoxy) is 1. The third-order valence-electron chi connectivity index (χ3n) is 4.18. The zero-order valence-electron chi connectivity index (χ0n) is 11.5. The van der Waals surface area contributed by atoms with Crippen molar-refractivity contribution < 1.29 is 8.95 Å².